The number of carbonyl (C=O) groups excluding carboxylic acids is 2. The van der Waals surface area contributed by atoms with Gasteiger partial charge in [-0.25, -0.2) is 4.79 Å². The first-order valence-electron chi connectivity index (χ1n) is 6.60. The SMILES string of the molecule is O=Cc1ccc(OCC(=O)Oc2cccc(S(F)(F)(F)(F)F)c2)cc1. The van der Waals surface area contributed by atoms with E-state index in [0.717, 1.165) is 6.07 Å². The molecule has 25 heavy (non-hydrogen) atoms. The molecule has 0 saturated heterocycles. The molecule has 0 atom stereocenters. The van der Waals surface area contributed by atoms with Gasteiger partial charge in [-0.2, -0.15) is 0 Å². The van der Waals surface area contributed by atoms with Gasteiger partial charge in [0.25, 0.3) is 0 Å². The first kappa shape index (κ1) is 18.7. The lowest BCUT2D eigenvalue weighted by Crippen LogP contribution is -2.18. The van der Waals surface area contributed by atoms with E-state index in [-0.39, 0.29) is 17.9 Å². The molecule has 0 aliphatic rings. The Kier molecular flexibility index (Phi) is 4.29. The Morgan fingerprint density at radius 2 is 1.60 bits per heavy atom. The van der Waals surface area contributed by atoms with Crippen molar-refractivity contribution in [3.8, 4) is 11.5 Å². The molecule has 0 N–H and O–H groups in total. The third-order valence-corrected chi connectivity index (χ3v) is 4.00. The standard InChI is InChI=1S/C15H11F5O4S/c16-25(17,18,19,20)14-3-1-2-13(8-14)24-15(22)10-23-12-6-4-11(9-21)5-7-12/h1-9H,10H2. The van der Waals surface area contributed by atoms with E-state index < -0.39 is 33.4 Å². The minimum absolute atomic E-state index is 0.0539. The molecule has 2 aromatic carbocycles. The summed E-state index contributed by atoms with van der Waals surface area (Å²) in [6.07, 6.45) is 0.601. The highest BCUT2D eigenvalue weighted by atomic mass is 32.5. The van der Waals surface area contributed by atoms with Crippen LogP contribution in [0.25, 0.3) is 0 Å². The summed E-state index contributed by atoms with van der Waals surface area (Å²) >= 11 is 0. The molecule has 0 heterocycles. The number of esters is 1. The second-order valence-electron chi connectivity index (χ2n) is 4.89. The van der Waals surface area contributed by atoms with Crippen molar-refractivity contribution in [2.24, 2.45) is 0 Å². The summed E-state index contributed by atoms with van der Waals surface area (Å²) in [5, 5.41) is 0. The Hall–Kier alpha value is -2.62. The maximum atomic E-state index is 12.7. The number of ether oxygens (including phenoxy) is 2. The van der Waals surface area contributed by atoms with E-state index in [0.29, 0.717) is 17.9 Å². The lowest BCUT2D eigenvalue weighted by molar-refractivity contribution is -0.136. The van der Waals surface area contributed by atoms with E-state index in [4.69, 9.17) is 4.74 Å². The monoisotopic (exact) mass is 382 g/mol. The van der Waals surface area contributed by atoms with Crippen molar-refractivity contribution in [1.82, 2.24) is 0 Å². The van der Waals surface area contributed by atoms with Crippen molar-refractivity contribution in [2.75, 3.05) is 6.61 Å². The second-order valence-corrected chi connectivity index (χ2v) is 7.30. The molecule has 136 valence electrons. The molecule has 2 rings (SSSR count). The van der Waals surface area contributed by atoms with Crippen LogP contribution < -0.4 is 9.47 Å². The molecule has 0 aliphatic heterocycles. The minimum Gasteiger partial charge on any atom is -0.482 e. The Labute approximate surface area is 138 Å². The van der Waals surface area contributed by atoms with E-state index in [9.17, 15) is 29.0 Å². The average molecular weight is 382 g/mol. The van der Waals surface area contributed by atoms with Crippen molar-refractivity contribution in [3.63, 3.8) is 0 Å². The van der Waals surface area contributed by atoms with Crippen LogP contribution in [0.4, 0.5) is 19.4 Å². The third-order valence-electron chi connectivity index (χ3n) is 2.86. The first-order chi connectivity index (χ1) is 11.4. The van der Waals surface area contributed by atoms with Gasteiger partial charge in [0.05, 0.1) is 0 Å². The predicted octanol–water partition coefficient (Wildman–Crippen LogP) is 5.14. The first-order valence-corrected chi connectivity index (χ1v) is 8.55. The van der Waals surface area contributed by atoms with Gasteiger partial charge in [0.1, 0.15) is 22.7 Å². The second kappa shape index (κ2) is 5.73. The highest BCUT2D eigenvalue weighted by Gasteiger charge is 2.65. The summed E-state index contributed by atoms with van der Waals surface area (Å²) in [5.74, 6) is -1.56. The summed E-state index contributed by atoms with van der Waals surface area (Å²) < 4.78 is 73.1. The molecule has 0 saturated carbocycles. The van der Waals surface area contributed by atoms with Crippen molar-refractivity contribution < 1.29 is 38.5 Å². The van der Waals surface area contributed by atoms with E-state index in [2.05, 4.69) is 4.74 Å². The topological polar surface area (TPSA) is 52.6 Å². The average Bonchev–Trinajstić information content (AvgIpc) is 2.51. The largest absolute Gasteiger partial charge is 0.482 e. The molecule has 0 aromatic heterocycles. The minimum atomic E-state index is -9.86. The van der Waals surface area contributed by atoms with Gasteiger partial charge in [-0.05, 0) is 36.4 Å². The number of benzene rings is 2. The summed E-state index contributed by atoms with van der Waals surface area (Å²) in [6, 6.07) is 7.52. The van der Waals surface area contributed by atoms with Gasteiger partial charge >= 0.3 is 16.2 Å². The fourth-order valence-electron chi connectivity index (χ4n) is 1.72. The van der Waals surface area contributed by atoms with E-state index in [1.807, 2.05) is 0 Å². The fourth-order valence-corrected chi connectivity index (χ4v) is 2.40. The lowest BCUT2D eigenvalue weighted by Gasteiger charge is -2.40. The summed E-state index contributed by atoms with van der Waals surface area (Å²) in [4.78, 5) is 19.9. The number of halogens is 5. The van der Waals surface area contributed by atoms with Gasteiger partial charge in [-0.3, -0.25) is 4.79 Å². The highest BCUT2D eigenvalue weighted by Crippen LogP contribution is 3.02. The predicted molar refractivity (Wildman–Crippen MR) is 80.8 cm³/mol. The molecule has 0 spiro atoms. The Morgan fingerprint density at radius 1 is 0.960 bits per heavy atom. The fraction of sp³-hybridized carbons (Fsp3) is 0.0667. The summed E-state index contributed by atoms with van der Waals surface area (Å²) in [6.45, 7) is -0.666. The zero-order valence-corrected chi connectivity index (χ0v) is 13.2. The van der Waals surface area contributed by atoms with E-state index in [1.54, 1.807) is 0 Å². The smallest absolute Gasteiger partial charge is 0.349 e. The van der Waals surface area contributed by atoms with Gasteiger partial charge in [0.2, 0.25) is 0 Å². The lowest BCUT2D eigenvalue weighted by atomic mass is 10.2. The maximum absolute atomic E-state index is 12.7. The number of aldehydes is 1. The Balaban J connectivity index is 2.02. The van der Waals surface area contributed by atoms with Crippen LogP contribution in [0, 0.1) is 0 Å². The molecule has 0 fully saturated rings. The van der Waals surface area contributed by atoms with Gasteiger partial charge in [-0.1, -0.05) is 25.5 Å². The molecule has 0 bridgehead atoms. The van der Waals surface area contributed by atoms with Crippen LogP contribution >= 0.6 is 10.2 Å². The molecule has 10 heteroatoms. The number of hydrogen-bond donors (Lipinski definition) is 0. The van der Waals surface area contributed by atoms with Crippen LogP contribution in [0.15, 0.2) is 53.4 Å². The van der Waals surface area contributed by atoms with Crippen LogP contribution in [0.2, 0.25) is 0 Å². The molecule has 0 amide bonds. The van der Waals surface area contributed by atoms with Crippen LogP contribution in [0.1, 0.15) is 10.4 Å². The number of rotatable bonds is 6. The molecule has 0 unspecified atom stereocenters. The zero-order valence-electron chi connectivity index (χ0n) is 12.3. The molecular weight excluding hydrogens is 371 g/mol. The number of carbonyl (C=O) groups is 2. The molecule has 0 radical (unpaired) electrons. The van der Waals surface area contributed by atoms with Crippen molar-refractivity contribution in [1.29, 1.82) is 0 Å². The molecular formula is C15H11F5O4S. The van der Waals surface area contributed by atoms with Crippen LogP contribution in [-0.4, -0.2) is 18.9 Å². The normalized spacial score (nSPS) is 14.1. The maximum Gasteiger partial charge on any atom is 0.349 e. The van der Waals surface area contributed by atoms with Crippen molar-refractivity contribution >= 4 is 22.5 Å². The molecule has 0 aliphatic carbocycles. The van der Waals surface area contributed by atoms with Crippen molar-refractivity contribution in [2.45, 2.75) is 4.90 Å². The quantitative estimate of drug-likeness (QED) is 0.300. The van der Waals surface area contributed by atoms with Gasteiger partial charge < -0.3 is 9.47 Å². The number of hydrogen-bond acceptors (Lipinski definition) is 4. The molecule has 4 nitrogen and oxygen atoms in total. The van der Waals surface area contributed by atoms with Gasteiger partial charge in [-0.15, -0.1) is 0 Å². The van der Waals surface area contributed by atoms with Crippen LogP contribution in [0.3, 0.4) is 0 Å². The van der Waals surface area contributed by atoms with Crippen molar-refractivity contribution in [3.05, 3.63) is 54.1 Å². The molecule has 2 aromatic rings. The van der Waals surface area contributed by atoms with E-state index >= 15 is 0 Å². The zero-order chi connectivity index (χ0) is 18.8. The van der Waals surface area contributed by atoms with Crippen LogP contribution in [0.5, 0.6) is 11.5 Å². The van der Waals surface area contributed by atoms with Crippen LogP contribution in [-0.2, 0) is 4.79 Å². The summed E-state index contributed by atoms with van der Waals surface area (Å²) in [5.41, 5.74) is 0.378. The Morgan fingerprint density at radius 3 is 2.16 bits per heavy atom. The summed E-state index contributed by atoms with van der Waals surface area (Å²) in [7, 11) is -9.86. The Bertz CT molecular complexity index is 803. The van der Waals surface area contributed by atoms with Gasteiger partial charge in [0.15, 0.2) is 6.61 Å². The highest BCUT2D eigenvalue weighted by molar-refractivity contribution is 8.45. The third kappa shape index (κ3) is 5.45. The van der Waals surface area contributed by atoms with Gasteiger partial charge in [0, 0.05) is 11.6 Å². The van der Waals surface area contributed by atoms with E-state index in [1.165, 1.54) is 24.3 Å².